The molecule has 0 spiro atoms. The molecule has 1 aromatic rings. The molecule has 0 saturated heterocycles. The predicted molar refractivity (Wildman–Crippen MR) is 77.1 cm³/mol. The Hall–Kier alpha value is -1.55. The Morgan fingerprint density at radius 2 is 1.89 bits per heavy atom. The van der Waals surface area contributed by atoms with E-state index in [2.05, 4.69) is 20.8 Å². The van der Waals surface area contributed by atoms with Gasteiger partial charge in [-0.05, 0) is 24.0 Å². The fourth-order valence-electron chi connectivity index (χ4n) is 2.21. The summed E-state index contributed by atoms with van der Waals surface area (Å²) in [5, 5.41) is 12.9. The zero-order valence-corrected chi connectivity index (χ0v) is 11.8. The summed E-state index contributed by atoms with van der Waals surface area (Å²) in [4.78, 5) is 14.3. The first-order valence-electron chi connectivity index (χ1n) is 6.83. The molecule has 0 saturated carbocycles. The quantitative estimate of drug-likeness (QED) is 0.840. The second-order valence-corrected chi connectivity index (χ2v) is 5.59. The summed E-state index contributed by atoms with van der Waals surface area (Å²) in [5.41, 5.74) is 1.01. The van der Waals surface area contributed by atoms with Crippen LogP contribution in [0.25, 0.3) is 0 Å². The Morgan fingerprint density at radius 3 is 2.58 bits per heavy atom. The van der Waals surface area contributed by atoms with Crippen molar-refractivity contribution in [2.24, 2.45) is 11.8 Å². The average Bonchev–Trinajstić information content (AvgIpc) is 2.51. The third-order valence-corrected chi connectivity index (χ3v) is 3.91. The summed E-state index contributed by atoms with van der Waals surface area (Å²) < 4.78 is 0. The van der Waals surface area contributed by atoms with Gasteiger partial charge in [0, 0.05) is 25.3 Å². The van der Waals surface area contributed by atoms with Crippen LogP contribution in [0.2, 0.25) is 0 Å². The Kier molecular flexibility index (Phi) is 4.10. The van der Waals surface area contributed by atoms with Crippen LogP contribution in [0.4, 0.5) is 5.69 Å². The SMILES string of the molecule is CC(C)[C@@H](C)CN1CCN([O-])c2ccccc2C1=O. The number of hydrogen-bond acceptors (Lipinski definition) is 3. The van der Waals surface area contributed by atoms with Crippen LogP contribution in [0.15, 0.2) is 24.3 Å². The van der Waals surface area contributed by atoms with Crippen LogP contribution in [0, 0.1) is 17.0 Å². The third kappa shape index (κ3) is 2.89. The molecule has 0 radical (unpaired) electrons. The van der Waals surface area contributed by atoms with Crippen LogP contribution < -0.4 is 5.06 Å². The van der Waals surface area contributed by atoms with Crippen molar-refractivity contribution in [2.75, 3.05) is 24.7 Å². The lowest BCUT2D eigenvalue weighted by Crippen LogP contribution is -2.37. The minimum absolute atomic E-state index is 0.0264. The fraction of sp³-hybridized carbons (Fsp3) is 0.533. The predicted octanol–water partition coefficient (Wildman–Crippen LogP) is 2.74. The number of hydroxylamine groups is 1. The van der Waals surface area contributed by atoms with Crippen molar-refractivity contribution >= 4 is 11.6 Å². The van der Waals surface area contributed by atoms with Gasteiger partial charge in [0.05, 0.1) is 5.56 Å². The van der Waals surface area contributed by atoms with Crippen molar-refractivity contribution in [3.63, 3.8) is 0 Å². The molecule has 0 fully saturated rings. The largest absolute Gasteiger partial charge is 0.758 e. The summed E-state index contributed by atoms with van der Waals surface area (Å²) in [7, 11) is 0. The van der Waals surface area contributed by atoms with Crippen LogP contribution >= 0.6 is 0 Å². The lowest BCUT2D eigenvalue weighted by molar-refractivity contribution is 0.0731. The van der Waals surface area contributed by atoms with Gasteiger partial charge in [0.1, 0.15) is 0 Å². The first-order chi connectivity index (χ1) is 9.00. The molecule has 0 N–H and O–H groups in total. The molecule has 104 valence electrons. The number of carbonyl (C=O) groups is 1. The lowest BCUT2D eigenvalue weighted by atomic mass is 9.97. The molecule has 1 aliphatic rings. The van der Waals surface area contributed by atoms with Gasteiger partial charge in [-0.3, -0.25) is 4.79 Å². The highest BCUT2D eigenvalue weighted by Gasteiger charge is 2.24. The van der Waals surface area contributed by atoms with Crippen molar-refractivity contribution in [1.29, 1.82) is 0 Å². The summed E-state index contributed by atoms with van der Waals surface area (Å²) in [5.74, 6) is 0.922. The number of fused-ring (bicyclic) bond motifs is 1. The first-order valence-corrected chi connectivity index (χ1v) is 6.83. The normalized spacial score (nSPS) is 17.4. The van der Waals surface area contributed by atoms with Crippen LogP contribution in [0.3, 0.4) is 0 Å². The molecule has 4 nitrogen and oxygen atoms in total. The summed E-state index contributed by atoms with van der Waals surface area (Å²) in [6.07, 6.45) is 0. The van der Waals surface area contributed by atoms with Crippen LogP contribution in [-0.2, 0) is 0 Å². The smallest absolute Gasteiger partial charge is 0.256 e. The zero-order chi connectivity index (χ0) is 14.0. The molecule has 1 heterocycles. The maximum Gasteiger partial charge on any atom is 0.256 e. The maximum absolute atomic E-state index is 12.5. The highest BCUT2D eigenvalue weighted by molar-refractivity contribution is 6.00. The van der Waals surface area contributed by atoms with Crippen molar-refractivity contribution in [3.8, 4) is 0 Å². The summed E-state index contributed by atoms with van der Waals surface area (Å²) in [6.45, 7) is 7.99. The molecule has 0 aromatic heterocycles. The monoisotopic (exact) mass is 261 g/mol. The Bertz CT molecular complexity index is 459. The molecule has 2 rings (SSSR count). The number of carbonyl (C=O) groups excluding carboxylic acids is 1. The van der Waals surface area contributed by atoms with E-state index < -0.39 is 0 Å². The number of para-hydroxylation sites is 1. The minimum Gasteiger partial charge on any atom is -0.758 e. The first kappa shape index (κ1) is 13.9. The third-order valence-electron chi connectivity index (χ3n) is 3.91. The topological polar surface area (TPSA) is 46.6 Å². The van der Waals surface area contributed by atoms with E-state index in [0.717, 1.165) is 5.06 Å². The van der Waals surface area contributed by atoms with Gasteiger partial charge in [-0.25, -0.2) is 0 Å². The number of amides is 1. The second kappa shape index (κ2) is 5.61. The van der Waals surface area contributed by atoms with Crippen LogP contribution in [-0.4, -0.2) is 30.4 Å². The molecule has 1 amide bonds. The lowest BCUT2D eigenvalue weighted by Gasteiger charge is -2.30. The van der Waals surface area contributed by atoms with E-state index in [-0.39, 0.29) is 5.91 Å². The Labute approximate surface area is 114 Å². The number of rotatable bonds is 3. The number of anilines is 1. The highest BCUT2D eigenvalue weighted by atomic mass is 16.5. The van der Waals surface area contributed by atoms with Gasteiger partial charge in [-0.15, -0.1) is 0 Å². The van der Waals surface area contributed by atoms with Gasteiger partial charge in [-0.1, -0.05) is 32.9 Å². The summed E-state index contributed by atoms with van der Waals surface area (Å²) >= 11 is 0. The molecule has 1 aliphatic heterocycles. The minimum atomic E-state index is -0.0264. The molecule has 0 aliphatic carbocycles. The Morgan fingerprint density at radius 1 is 1.21 bits per heavy atom. The molecule has 19 heavy (non-hydrogen) atoms. The van der Waals surface area contributed by atoms with Gasteiger partial charge in [0.2, 0.25) is 0 Å². The van der Waals surface area contributed by atoms with Crippen molar-refractivity contribution in [2.45, 2.75) is 20.8 Å². The zero-order valence-electron chi connectivity index (χ0n) is 11.8. The standard InChI is InChI=1S/C15H21N2O2/c1-11(2)12(3)10-16-8-9-17(19)14-7-5-4-6-13(14)15(16)18/h4-7,11-12H,8-10H2,1-3H3/q-1/t12-/m0/s1. The van der Waals surface area contributed by atoms with Gasteiger partial charge in [-0.2, -0.15) is 0 Å². The van der Waals surface area contributed by atoms with E-state index in [1.54, 1.807) is 29.2 Å². The van der Waals surface area contributed by atoms with E-state index in [9.17, 15) is 10.0 Å². The second-order valence-electron chi connectivity index (χ2n) is 5.59. The summed E-state index contributed by atoms with van der Waals surface area (Å²) in [6, 6.07) is 7.06. The van der Waals surface area contributed by atoms with E-state index in [4.69, 9.17) is 0 Å². The fourth-order valence-corrected chi connectivity index (χ4v) is 2.21. The molecule has 1 atom stereocenters. The number of benzene rings is 1. The van der Waals surface area contributed by atoms with Crippen molar-refractivity contribution in [1.82, 2.24) is 4.90 Å². The van der Waals surface area contributed by atoms with E-state index in [1.165, 1.54) is 0 Å². The Balaban J connectivity index is 2.24. The van der Waals surface area contributed by atoms with Crippen LogP contribution in [0.1, 0.15) is 31.1 Å². The van der Waals surface area contributed by atoms with Crippen LogP contribution in [0.5, 0.6) is 0 Å². The molecule has 1 aromatic carbocycles. The van der Waals surface area contributed by atoms with Crippen molar-refractivity contribution < 1.29 is 4.79 Å². The molecular formula is C15H21N2O2-. The highest BCUT2D eigenvalue weighted by Crippen LogP contribution is 2.25. The van der Waals surface area contributed by atoms with Gasteiger partial charge < -0.3 is 15.2 Å². The maximum atomic E-state index is 12.5. The van der Waals surface area contributed by atoms with E-state index >= 15 is 0 Å². The van der Waals surface area contributed by atoms with Gasteiger partial charge in [0.25, 0.3) is 5.91 Å². The molecular weight excluding hydrogens is 240 g/mol. The van der Waals surface area contributed by atoms with Crippen molar-refractivity contribution in [3.05, 3.63) is 35.0 Å². The van der Waals surface area contributed by atoms with Gasteiger partial charge >= 0.3 is 0 Å². The van der Waals surface area contributed by atoms with Gasteiger partial charge in [0.15, 0.2) is 0 Å². The number of nitrogens with zero attached hydrogens (tertiary/aromatic N) is 2. The average molecular weight is 261 g/mol. The van der Waals surface area contributed by atoms with E-state index in [1.807, 2.05) is 0 Å². The number of hydrogen-bond donors (Lipinski definition) is 0. The molecule has 0 bridgehead atoms. The van der Waals surface area contributed by atoms with E-state index in [0.29, 0.717) is 42.7 Å². The molecule has 4 heteroatoms. The molecule has 0 unspecified atom stereocenters.